The van der Waals surface area contributed by atoms with Gasteiger partial charge >= 0.3 is 0 Å². The average Bonchev–Trinajstić information content (AvgIpc) is 2.83. The largest absolute Gasteiger partial charge is 0.382 e. The zero-order valence-corrected chi connectivity index (χ0v) is 12.0. The first kappa shape index (κ1) is 14.5. The van der Waals surface area contributed by atoms with E-state index in [1.54, 1.807) is 26.8 Å². The van der Waals surface area contributed by atoms with Gasteiger partial charge in [0.15, 0.2) is 0 Å². The lowest BCUT2D eigenvalue weighted by molar-refractivity contribution is -0.107. The Morgan fingerprint density at radius 1 is 1.26 bits per heavy atom. The first-order valence-electron chi connectivity index (χ1n) is 6.46. The summed E-state index contributed by atoms with van der Waals surface area (Å²) in [5.41, 5.74) is -0.930. The molecule has 4 heteroatoms. The van der Waals surface area contributed by atoms with Crippen molar-refractivity contribution in [2.75, 3.05) is 13.2 Å². The molecular formula is C15H22O4. The Kier molecular flexibility index (Phi) is 3.26. The molecule has 2 N–H and O–H groups in total. The minimum absolute atomic E-state index is 0.519. The molecule has 106 valence electrons. The fraction of sp³-hybridized carbons (Fsp3) is 0.600. The molecule has 0 aromatic rings. The van der Waals surface area contributed by atoms with Crippen molar-refractivity contribution in [3.05, 3.63) is 35.5 Å². The van der Waals surface area contributed by atoms with Crippen LogP contribution in [0.4, 0.5) is 0 Å². The lowest BCUT2D eigenvalue weighted by Gasteiger charge is -2.47. The molecule has 2 atom stereocenters. The number of hydrogen-bond donors (Lipinski definition) is 2. The summed E-state index contributed by atoms with van der Waals surface area (Å²) >= 11 is 0. The highest BCUT2D eigenvalue weighted by molar-refractivity contribution is 5.48. The Morgan fingerprint density at radius 2 is 1.79 bits per heavy atom. The minimum Gasteiger partial charge on any atom is -0.382 e. The summed E-state index contributed by atoms with van der Waals surface area (Å²) in [4.78, 5) is 0. The molecule has 0 aromatic heterocycles. The summed E-state index contributed by atoms with van der Waals surface area (Å²) in [7, 11) is 0. The Labute approximate surface area is 114 Å². The molecule has 1 fully saturated rings. The highest BCUT2D eigenvalue weighted by atomic mass is 16.7. The van der Waals surface area contributed by atoms with Crippen LogP contribution in [0.5, 0.6) is 0 Å². The summed E-state index contributed by atoms with van der Waals surface area (Å²) in [6.45, 7) is 11.6. The third kappa shape index (κ3) is 1.75. The molecule has 1 saturated heterocycles. The Bertz CT molecular complexity index is 467. The van der Waals surface area contributed by atoms with Gasteiger partial charge < -0.3 is 19.7 Å². The van der Waals surface area contributed by atoms with Gasteiger partial charge in [-0.05, 0) is 50.5 Å². The molecule has 0 aromatic carbocycles. The van der Waals surface area contributed by atoms with Gasteiger partial charge in [-0.15, -0.1) is 6.58 Å². The van der Waals surface area contributed by atoms with Gasteiger partial charge in [0, 0.05) is 0 Å². The smallest absolute Gasteiger partial charge is 0.211 e. The molecule has 1 heterocycles. The molecule has 1 aliphatic carbocycles. The Hall–Kier alpha value is -0.940. The highest BCUT2D eigenvalue weighted by Crippen LogP contribution is 2.47. The molecule has 0 saturated carbocycles. The summed E-state index contributed by atoms with van der Waals surface area (Å²) in [6.07, 6.45) is 3.11. The molecular weight excluding hydrogens is 244 g/mol. The fourth-order valence-electron chi connectivity index (χ4n) is 2.98. The molecule has 1 aliphatic heterocycles. The number of rotatable bonds is 2. The van der Waals surface area contributed by atoms with Crippen LogP contribution >= 0.6 is 0 Å². The van der Waals surface area contributed by atoms with Crippen LogP contribution in [-0.4, -0.2) is 40.4 Å². The van der Waals surface area contributed by atoms with Gasteiger partial charge in [0.1, 0.15) is 11.2 Å². The van der Waals surface area contributed by atoms with Gasteiger partial charge in [-0.2, -0.15) is 0 Å². The summed E-state index contributed by atoms with van der Waals surface area (Å²) in [5, 5.41) is 21.5. The van der Waals surface area contributed by atoms with Gasteiger partial charge in [0.05, 0.1) is 13.2 Å². The van der Waals surface area contributed by atoms with Crippen LogP contribution in [0.2, 0.25) is 0 Å². The van der Waals surface area contributed by atoms with Gasteiger partial charge in [0.2, 0.25) is 5.79 Å². The van der Waals surface area contributed by atoms with Crippen molar-refractivity contribution >= 4 is 0 Å². The van der Waals surface area contributed by atoms with E-state index in [2.05, 4.69) is 6.58 Å². The molecule has 4 nitrogen and oxygen atoms in total. The second-order valence-electron chi connectivity index (χ2n) is 5.50. The van der Waals surface area contributed by atoms with Gasteiger partial charge in [-0.1, -0.05) is 6.08 Å². The maximum atomic E-state index is 11.0. The fourth-order valence-corrected chi connectivity index (χ4v) is 2.98. The van der Waals surface area contributed by atoms with Crippen molar-refractivity contribution in [1.29, 1.82) is 0 Å². The van der Waals surface area contributed by atoms with Gasteiger partial charge in [-0.25, -0.2) is 0 Å². The van der Waals surface area contributed by atoms with E-state index < -0.39 is 17.0 Å². The zero-order chi connectivity index (χ0) is 14.5. The standard InChI is InChI=1S/C15H22O4/c1-6-13(5,16)15(17)10(2)9-14(11(3)12(15)4)18-7-8-19-14/h6,9,16-17H,1,7-8H2,2-5H3. The van der Waals surface area contributed by atoms with Crippen LogP contribution in [0.3, 0.4) is 0 Å². The quantitative estimate of drug-likeness (QED) is 0.747. The van der Waals surface area contributed by atoms with Crippen molar-refractivity contribution in [3.63, 3.8) is 0 Å². The lowest BCUT2D eigenvalue weighted by Crippen LogP contribution is -2.56. The first-order valence-corrected chi connectivity index (χ1v) is 6.46. The lowest BCUT2D eigenvalue weighted by atomic mass is 9.68. The van der Waals surface area contributed by atoms with Crippen LogP contribution in [0, 0.1) is 0 Å². The molecule has 0 amide bonds. The van der Waals surface area contributed by atoms with Crippen molar-refractivity contribution in [2.24, 2.45) is 0 Å². The van der Waals surface area contributed by atoms with Crippen molar-refractivity contribution in [1.82, 2.24) is 0 Å². The van der Waals surface area contributed by atoms with Crippen LogP contribution in [0.25, 0.3) is 0 Å². The zero-order valence-electron chi connectivity index (χ0n) is 12.0. The van der Waals surface area contributed by atoms with E-state index in [0.717, 1.165) is 5.57 Å². The normalized spacial score (nSPS) is 33.3. The summed E-state index contributed by atoms with van der Waals surface area (Å²) in [5.74, 6) is -0.891. The topological polar surface area (TPSA) is 58.9 Å². The van der Waals surface area contributed by atoms with E-state index in [9.17, 15) is 10.2 Å². The maximum absolute atomic E-state index is 11.0. The molecule has 0 radical (unpaired) electrons. The number of ether oxygens (including phenoxy) is 2. The SMILES string of the molecule is C=CC(C)(O)C1(O)C(C)=CC2(OCCO2)C(C)=C1C. The van der Waals surface area contributed by atoms with E-state index in [1.165, 1.54) is 6.08 Å². The van der Waals surface area contributed by atoms with E-state index in [1.807, 2.05) is 6.92 Å². The van der Waals surface area contributed by atoms with Gasteiger partial charge in [0.25, 0.3) is 0 Å². The second kappa shape index (κ2) is 4.28. The van der Waals surface area contributed by atoms with Crippen molar-refractivity contribution in [3.8, 4) is 0 Å². The molecule has 2 aliphatic rings. The number of hydrogen-bond acceptors (Lipinski definition) is 4. The predicted octanol–water partition coefficient (Wildman–Crippen LogP) is 1.69. The third-order valence-corrected chi connectivity index (χ3v) is 4.45. The minimum atomic E-state index is -1.49. The van der Waals surface area contributed by atoms with Crippen LogP contribution in [-0.2, 0) is 9.47 Å². The van der Waals surface area contributed by atoms with E-state index in [4.69, 9.17) is 9.47 Å². The Morgan fingerprint density at radius 3 is 2.26 bits per heavy atom. The van der Waals surface area contributed by atoms with E-state index >= 15 is 0 Å². The van der Waals surface area contributed by atoms with Gasteiger partial charge in [-0.3, -0.25) is 0 Å². The monoisotopic (exact) mass is 266 g/mol. The predicted molar refractivity (Wildman–Crippen MR) is 72.5 cm³/mol. The molecule has 2 rings (SSSR count). The first-order chi connectivity index (χ1) is 8.71. The second-order valence-corrected chi connectivity index (χ2v) is 5.50. The van der Waals surface area contributed by atoms with Crippen molar-refractivity contribution < 1.29 is 19.7 Å². The molecule has 1 spiro atoms. The van der Waals surface area contributed by atoms with Crippen LogP contribution < -0.4 is 0 Å². The van der Waals surface area contributed by atoms with Crippen LogP contribution in [0.1, 0.15) is 27.7 Å². The van der Waals surface area contributed by atoms with Crippen LogP contribution in [0.15, 0.2) is 35.5 Å². The summed E-state index contributed by atoms with van der Waals surface area (Å²) in [6, 6.07) is 0. The highest BCUT2D eigenvalue weighted by Gasteiger charge is 2.54. The summed E-state index contributed by atoms with van der Waals surface area (Å²) < 4.78 is 11.4. The molecule has 19 heavy (non-hydrogen) atoms. The number of aliphatic hydroxyl groups is 2. The maximum Gasteiger partial charge on any atom is 0.211 e. The van der Waals surface area contributed by atoms with E-state index in [0.29, 0.717) is 24.4 Å². The molecule has 2 unspecified atom stereocenters. The average molecular weight is 266 g/mol. The van der Waals surface area contributed by atoms with Crippen molar-refractivity contribution in [2.45, 2.75) is 44.7 Å². The molecule has 0 bridgehead atoms. The van der Waals surface area contributed by atoms with E-state index in [-0.39, 0.29) is 0 Å². The Balaban J connectivity index is 2.60. The third-order valence-electron chi connectivity index (χ3n) is 4.45.